The smallest absolute Gasteiger partial charge is 0.171 e. The Bertz CT molecular complexity index is 618. The van der Waals surface area contributed by atoms with E-state index in [0.717, 1.165) is 24.2 Å². The maximum Gasteiger partial charge on any atom is 0.171 e. The maximum absolute atomic E-state index is 12.7. The fourth-order valence-electron chi connectivity index (χ4n) is 2.73. The van der Waals surface area contributed by atoms with Crippen LogP contribution in [-0.2, 0) is 6.54 Å². The molecule has 96 valence electrons. The molecule has 3 rings (SSSR count). The van der Waals surface area contributed by atoms with Gasteiger partial charge in [0.2, 0.25) is 0 Å². The molecule has 1 heterocycles. The number of fused-ring (bicyclic) bond motifs is 1. The lowest BCUT2D eigenvalue weighted by atomic mass is 9.85. The molecule has 0 saturated carbocycles. The zero-order valence-corrected chi connectivity index (χ0v) is 11.0. The van der Waals surface area contributed by atoms with E-state index in [1.807, 2.05) is 43.3 Å². The van der Waals surface area contributed by atoms with E-state index in [2.05, 4.69) is 17.4 Å². The lowest BCUT2D eigenvalue weighted by Gasteiger charge is -2.25. The van der Waals surface area contributed by atoms with Crippen molar-refractivity contribution in [3.63, 3.8) is 0 Å². The van der Waals surface area contributed by atoms with Crippen LogP contribution in [0.4, 0.5) is 0 Å². The van der Waals surface area contributed by atoms with Gasteiger partial charge in [0.1, 0.15) is 0 Å². The number of rotatable bonds is 2. The number of Topliss-reactive ketones (excluding diaryl/α,β-unsaturated/α-hetero) is 1. The van der Waals surface area contributed by atoms with Crippen LogP contribution >= 0.6 is 0 Å². The van der Waals surface area contributed by atoms with Crippen molar-refractivity contribution in [1.82, 2.24) is 5.32 Å². The van der Waals surface area contributed by atoms with Crippen molar-refractivity contribution < 1.29 is 4.79 Å². The summed E-state index contributed by atoms with van der Waals surface area (Å²) in [6, 6.07) is 16.1. The van der Waals surface area contributed by atoms with Gasteiger partial charge in [0, 0.05) is 18.7 Å². The molecule has 1 unspecified atom stereocenters. The Morgan fingerprint density at radius 3 is 2.84 bits per heavy atom. The first kappa shape index (κ1) is 12.1. The van der Waals surface area contributed by atoms with Crippen LogP contribution in [0.15, 0.2) is 48.5 Å². The third-order valence-corrected chi connectivity index (χ3v) is 3.71. The average Bonchev–Trinajstić information content (AvgIpc) is 2.46. The van der Waals surface area contributed by atoms with Crippen molar-refractivity contribution >= 4 is 5.78 Å². The van der Waals surface area contributed by atoms with E-state index in [-0.39, 0.29) is 11.7 Å². The Labute approximate surface area is 113 Å². The zero-order valence-electron chi connectivity index (χ0n) is 11.0. The highest BCUT2D eigenvalue weighted by molar-refractivity contribution is 6.01. The molecular weight excluding hydrogens is 234 g/mol. The Balaban J connectivity index is 1.98. The van der Waals surface area contributed by atoms with E-state index >= 15 is 0 Å². The Kier molecular flexibility index (Phi) is 3.18. The predicted octanol–water partition coefficient (Wildman–Crippen LogP) is 3.06. The molecule has 0 spiro atoms. The van der Waals surface area contributed by atoms with E-state index in [1.165, 1.54) is 11.1 Å². The summed E-state index contributed by atoms with van der Waals surface area (Å²) in [7, 11) is 0. The minimum atomic E-state index is -0.0632. The zero-order chi connectivity index (χ0) is 13.2. The second-order valence-corrected chi connectivity index (χ2v) is 5.12. The first-order valence-electron chi connectivity index (χ1n) is 6.65. The number of hydrogen-bond acceptors (Lipinski definition) is 2. The van der Waals surface area contributed by atoms with Crippen LogP contribution in [0.3, 0.4) is 0 Å². The van der Waals surface area contributed by atoms with E-state index in [4.69, 9.17) is 0 Å². The third kappa shape index (κ3) is 2.32. The van der Waals surface area contributed by atoms with Gasteiger partial charge < -0.3 is 5.32 Å². The molecule has 0 amide bonds. The Morgan fingerprint density at radius 1 is 1.16 bits per heavy atom. The quantitative estimate of drug-likeness (QED) is 0.831. The van der Waals surface area contributed by atoms with Crippen molar-refractivity contribution in [3.05, 3.63) is 70.8 Å². The summed E-state index contributed by atoms with van der Waals surface area (Å²) in [6.45, 7) is 3.60. The van der Waals surface area contributed by atoms with Gasteiger partial charge in [-0.25, -0.2) is 0 Å². The van der Waals surface area contributed by atoms with Gasteiger partial charge in [-0.05, 0) is 24.1 Å². The summed E-state index contributed by atoms with van der Waals surface area (Å²) in [5.74, 6) is 0.148. The SMILES string of the molecule is Cc1cccc(C(=O)C2CNCc3ccccc32)c1. The highest BCUT2D eigenvalue weighted by atomic mass is 16.1. The van der Waals surface area contributed by atoms with Gasteiger partial charge in [-0.2, -0.15) is 0 Å². The van der Waals surface area contributed by atoms with Gasteiger partial charge in [-0.1, -0.05) is 48.0 Å². The van der Waals surface area contributed by atoms with Crippen LogP contribution in [-0.4, -0.2) is 12.3 Å². The van der Waals surface area contributed by atoms with Crippen molar-refractivity contribution in [1.29, 1.82) is 0 Å². The van der Waals surface area contributed by atoms with Crippen molar-refractivity contribution in [2.45, 2.75) is 19.4 Å². The number of hydrogen-bond donors (Lipinski definition) is 1. The van der Waals surface area contributed by atoms with Gasteiger partial charge in [-0.3, -0.25) is 4.79 Å². The Hall–Kier alpha value is -1.93. The van der Waals surface area contributed by atoms with Crippen LogP contribution < -0.4 is 5.32 Å². The van der Waals surface area contributed by atoms with Crippen molar-refractivity contribution in [2.24, 2.45) is 0 Å². The minimum Gasteiger partial charge on any atom is -0.312 e. The highest BCUT2D eigenvalue weighted by Gasteiger charge is 2.26. The van der Waals surface area contributed by atoms with Crippen LogP contribution in [0.1, 0.15) is 33.0 Å². The summed E-state index contributed by atoms with van der Waals surface area (Å²) < 4.78 is 0. The van der Waals surface area contributed by atoms with E-state index in [9.17, 15) is 4.79 Å². The van der Waals surface area contributed by atoms with Crippen LogP contribution in [0.25, 0.3) is 0 Å². The molecule has 2 heteroatoms. The minimum absolute atomic E-state index is 0.0632. The molecule has 1 atom stereocenters. The average molecular weight is 251 g/mol. The summed E-state index contributed by atoms with van der Waals surface area (Å²) >= 11 is 0. The summed E-state index contributed by atoms with van der Waals surface area (Å²) in [6.07, 6.45) is 0. The second kappa shape index (κ2) is 4.98. The van der Waals surface area contributed by atoms with Gasteiger partial charge in [0.05, 0.1) is 5.92 Å². The highest BCUT2D eigenvalue weighted by Crippen LogP contribution is 2.27. The van der Waals surface area contributed by atoms with E-state index in [1.54, 1.807) is 0 Å². The molecule has 1 aliphatic rings. The molecule has 0 saturated heterocycles. The molecule has 2 nitrogen and oxygen atoms in total. The molecule has 1 aliphatic heterocycles. The molecule has 0 fully saturated rings. The van der Waals surface area contributed by atoms with E-state index in [0.29, 0.717) is 0 Å². The van der Waals surface area contributed by atoms with E-state index < -0.39 is 0 Å². The lowest BCUT2D eigenvalue weighted by molar-refractivity contribution is 0.0955. The molecule has 2 aromatic carbocycles. The Morgan fingerprint density at radius 2 is 2.00 bits per heavy atom. The third-order valence-electron chi connectivity index (χ3n) is 3.71. The number of carbonyl (C=O) groups is 1. The molecule has 1 N–H and O–H groups in total. The largest absolute Gasteiger partial charge is 0.312 e. The molecule has 0 aliphatic carbocycles. The van der Waals surface area contributed by atoms with Crippen molar-refractivity contribution in [3.8, 4) is 0 Å². The molecule has 0 aromatic heterocycles. The maximum atomic E-state index is 12.7. The summed E-state index contributed by atoms with van der Waals surface area (Å²) in [4.78, 5) is 12.7. The van der Waals surface area contributed by atoms with Gasteiger partial charge in [-0.15, -0.1) is 0 Å². The normalized spacial score (nSPS) is 17.8. The molecule has 19 heavy (non-hydrogen) atoms. The molecule has 2 aromatic rings. The van der Waals surface area contributed by atoms with Crippen LogP contribution in [0.2, 0.25) is 0 Å². The molecular formula is C17H17NO. The van der Waals surface area contributed by atoms with Gasteiger partial charge in [0.25, 0.3) is 0 Å². The van der Waals surface area contributed by atoms with Gasteiger partial charge in [0.15, 0.2) is 5.78 Å². The second-order valence-electron chi connectivity index (χ2n) is 5.12. The topological polar surface area (TPSA) is 29.1 Å². The number of ketones is 1. The number of aryl methyl sites for hydroxylation is 1. The lowest BCUT2D eigenvalue weighted by Crippen LogP contribution is -2.32. The standard InChI is InChI=1S/C17H17NO/c1-12-5-4-7-13(9-12)17(19)16-11-18-10-14-6-2-3-8-15(14)16/h2-9,16,18H,10-11H2,1H3. The summed E-state index contributed by atoms with van der Waals surface area (Å²) in [5.41, 5.74) is 4.35. The fraction of sp³-hybridized carbons (Fsp3) is 0.235. The summed E-state index contributed by atoms with van der Waals surface area (Å²) in [5, 5.41) is 3.34. The number of nitrogens with one attached hydrogen (secondary N) is 1. The van der Waals surface area contributed by atoms with Gasteiger partial charge >= 0.3 is 0 Å². The molecule has 0 radical (unpaired) electrons. The monoisotopic (exact) mass is 251 g/mol. The van der Waals surface area contributed by atoms with Crippen LogP contribution in [0.5, 0.6) is 0 Å². The first-order chi connectivity index (χ1) is 9.25. The van der Waals surface area contributed by atoms with Crippen molar-refractivity contribution in [2.75, 3.05) is 6.54 Å². The molecule has 0 bridgehead atoms. The number of benzene rings is 2. The first-order valence-corrected chi connectivity index (χ1v) is 6.65. The predicted molar refractivity (Wildman–Crippen MR) is 76.4 cm³/mol. The fourth-order valence-corrected chi connectivity index (χ4v) is 2.73. The number of carbonyl (C=O) groups excluding carboxylic acids is 1. The van der Waals surface area contributed by atoms with Crippen LogP contribution in [0, 0.1) is 6.92 Å².